The van der Waals surface area contributed by atoms with Crippen molar-refractivity contribution in [2.24, 2.45) is 10.9 Å². The topological polar surface area (TPSA) is 37.5 Å². The average molecular weight is 238 g/mol. The van der Waals surface area contributed by atoms with Gasteiger partial charge in [-0.1, -0.05) is 25.6 Å². The summed E-state index contributed by atoms with van der Waals surface area (Å²) in [4.78, 5) is 4.50. The first-order valence-corrected chi connectivity index (χ1v) is 6.69. The lowest BCUT2D eigenvalue weighted by molar-refractivity contribution is 0.499. The van der Waals surface area contributed by atoms with Crippen LogP contribution in [0.2, 0.25) is 0 Å². The van der Waals surface area contributed by atoms with Crippen molar-refractivity contribution in [3.8, 4) is 0 Å². The lowest BCUT2D eigenvalue weighted by Gasteiger charge is -2.11. The van der Waals surface area contributed by atoms with Gasteiger partial charge in [-0.3, -0.25) is 4.99 Å². The van der Waals surface area contributed by atoms with Gasteiger partial charge in [0.2, 0.25) is 0 Å². The number of nitrogens with one attached hydrogen (secondary N) is 1. The van der Waals surface area contributed by atoms with Gasteiger partial charge in [0, 0.05) is 11.8 Å². The van der Waals surface area contributed by atoms with E-state index >= 15 is 0 Å². The smallest absolute Gasteiger partial charge is 0.157 e. The summed E-state index contributed by atoms with van der Waals surface area (Å²) in [5.74, 6) is 2.79. The van der Waals surface area contributed by atoms with E-state index in [1.807, 2.05) is 23.9 Å². The third kappa shape index (κ3) is 3.30. The minimum atomic E-state index is 0.584. The zero-order valence-electron chi connectivity index (χ0n) is 9.77. The van der Waals surface area contributed by atoms with E-state index in [2.05, 4.69) is 24.2 Å². The number of hydrogen-bond acceptors (Lipinski definition) is 3. The van der Waals surface area contributed by atoms with Gasteiger partial charge in [-0.2, -0.15) is 0 Å². The number of furan rings is 1. The first kappa shape index (κ1) is 11.6. The summed E-state index contributed by atoms with van der Waals surface area (Å²) in [6.07, 6.45) is 2.90. The molecule has 2 heterocycles. The second kappa shape index (κ2) is 5.43. The summed E-state index contributed by atoms with van der Waals surface area (Å²) in [7, 11) is 0. The van der Waals surface area contributed by atoms with Crippen molar-refractivity contribution in [2.45, 2.75) is 32.9 Å². The fourth-order valence-corrected chi connectivity index (χ4v) is 2.76. The van der Waals surface area contributed by atoms with Crippen molar-refractivity contribution in [2.75, 3.05) is 5.75 Å². The standard InChI is InChI=1S/C12H18N2OS/c1-9(2)6-10-8-16-12(14-10)13-7-11-4-3-5-15-11/h3-5,9-10H,6-8H2,1-2H3,(H,13,14). The van der Waals surface area contributed by atoms with Crippen LogP contribution in [0, 0.1) is 5.92 Å². The molecule has 1 aliphatic rings. The maximum atomic E-state index is 5.24. The Bertz CT molecular complexity index is 346. The number of amidine groups is 1. The van der Waals surface area contributed by atoms with Crippen molar-refractivity contribution < 1.29 is 4.42 Å². The van der Waals surface area contributed by atoms with Crippen LogP contribution in [0.3, 0.4) is 0 Å². The second-order valence-corrected chi connectivity index (χ2v) is 5.49. The van der Waals surface area contributed by atoms with Gasteiger partial charge < -0.3 is 9.73 Å². The molecule has 0 aliphatic carbocycles. The number of thioether (sulfide) groups is 1. The predicted molar refractivity (Wildman–Crippen MR) is 68.7 cm³/mol. The molecule has 1 fully saturated rings. The zero-order chi connectivity index (χ0) is 11.4. The first-order chi connectivity index (χ1) is 7.74. The van der Waals surface area contributed by atoms with E-state index in [-0.39, 0.29) is 0 Å². The Morgan fingerprint density at radius 2 is 2.50 bits per heavy atom. The molecule has 1 aromatic rings. The summed E-state index contributed by atoms with van der Waals surface area (Å²) in [6, 6.07) is 4.43. The lowest BCUT2D eigenvalue weighted by Crippen LogP contribution is -2.28. The number of nitrogens with zero attached hydrogens (tertiary/aromatic N) is 1. The van der Waals surface area contributed by atoms with E-state index in [1.54, 1.807) is 6.26 Å². The molecule has 1 saturated heterocycles. The molecule has 0 bridgehead atoms. The Hall–Kier alpha value is -0.900. The third-order valence-corrected chi connectivity index (χ3v) is 3.55. The van der Waals surface area contributed by atoms with E-state index in [4.69, 9.17) is 4.42 Å². The Labute approximate surface area is 101 Å². The van der Waals surface area contributed by atoms with Gasteiger partial charge in [-0.15, -0.1) is 0 Å². The van der Waals surface area contributed by atoms with Crippen molar-refractivity contribution in [1.29, 1.82) is 0 Å². The van der Waals surface area contributed by atoms with Gasteiger partial charge in [0.15, 0.2) is 5.17 Å². The summed E-state index contributed by atoms with van der Waals surface area (Å²) < 4.78 is 5.24. The monoisotopic (exact) mass is 238 g/mol. The molecular weight excluding hydrogens is 220 g/mol. The molecule has 0 aromatic carbocycles. The summed E-state index contributed by atoms with van der Waals surface area (Å²) in [5.41, 5.74) is 0. The van der Waals surface area contributed by atoms with Crippen molar-refractivity contribution >= 4 is 16.9 Å². The van der Waals surface area contributed by atoms with Gasteiger partial charge >= 0.3 is 0 Å². The molecule has 1 N–H and O–H groups in total. The minimum absolute atomic E-state index is 0.584. The summed E-state index contributed by atoms with van der Waals surface area (Å²) >= 11 is 1.81. The Kier molecular flexibility index (Phi) is 3.93. The normalized spacial score (nSPS) is 22.9. The molecule has 1 aliphatic heterocycles. The SMILES string of the molecule is CC(C)CC1CSC(=NCc2ccco2)N1. The van der Waals surface area contributed by atoms with Crippen LogP contribution < -0.4 is 5.32 Å². The van der Waals surface area contributed by atoms with Crippen LogP contribution in [-0.4, -0.2) is 17.0 Å². The van der Waals surface area contributed by atoms with Crippen LogP contribution in [0.4, 0.5) is 0 Å². The summed E-state index contributed by atoms with van der Waals surface area (Å²) in [6.45, 7) is 5.14. The number of hydrogen-bond donors (Lipinski definition) is 1. The largest absolute Gasteiger partial charge is 0.467 e. The van der Waals surface area contributed by atoms with Gasteiger partial charge in [-0.25, -0.2) is 0 Å². The maximum absolute atomic E-state index is 5.24. The predicted octanol–water partition coefficient (Wildman–Crippen LogP) is 2.89. The van der Waals surface area contributed by atoms with E-state index in [0.717, 1.165) is 22.6 Å². The van der Waals surface area contributed by atoms with E-state index < -0.39 is 0 Å². The van der Waals surface area contributed by atoms with Crippen LogP contribution in [0.5, 0.6) is 0 Å². The fraction of sp³-hybridized carbons (Fsp3) is 0.583. The highest BCUT2D eigenvalue weighted by Crippen LogP contribution is 2.19. The lowest BCUT2D eigenvalue weighted by atomic mass is 10.1. The molecule has 1 atom stereocenters. The second-order valence-electron chi connectivity index (χ2n) is 4.48. The maximum Gasteiger partial charge on any atom is 0.157 e. The van der Waals surface area contributed by atoms with E-state index in [1.165, 1.54) is 6.42 Å². The molecule has 1 unspecified atom stereocenters. The molecule has 0 radical (unpaired) electrons. The van der Waals surface area contributed by atoms with Crippen LogP contribution >= 0.6 is 11.8 Å². The first-order valence-electron chi connectivity index (χ1n) is 5.70. The highest BCUT2D eigenvalue weighted by atomic mass is 32.2. The zero-order valence-corrected chi connectivity index (χ0v) is 10.6. The quantitative estimate of drug-likeness (QED) is 0.876. The molecule has 0 saturated carbocycles. The molecule has 4 heteroatoms. The van der Waals surface area contributed by atoms with Crippen LogP contribution in [0.1, 0.15) is 26.0 Å². The van der Waals surface area contributed by atoms with Gasteiger partial charge in [0.1, 0.15) is 5.76 Å². The highest BCUT2D eigenvalue weighted by molar-refractivity contribution is 8.14. The van der Waals surface area contributed by atoms with Crippen molar-refractivity contribution in [3.63, 3.8) is 0 Å². The molecule has 88 valence electrons. The molecular formula is C12H18N2OS. The van der Waals surface area contributed by atoms with Gasteiger partial charge in [0.05, 0.1) is 12.8 Å². The minimum Gasteiger partial charge on any atom is -0.467 e. The number of aliphatic imine (C=N–C) groups is 1. The van der Waals surface area contributed by atoms with Crippen molar-refractivity contribution in [3.05, 3.63) is 24.2 Å². The molecule has 16 heavy (non-hydrogen) atoms. The fourth-order valence-electron chi connectivity index (χ4n) is 1.78. The van der Waals surface area contributed by atoms with Crippen molar-refractivity contribution in [1.82, 2.24) is 5.32 Å². The van der Waals surface area contributed by atoms with E-state index in [0.29, 0.717) is 12.6 Å². The van der Waals surface area contributed by atoms with Crippen LogP contribution in [0.15, 0.2) is 27.8 Å². The average Bonchev–Trinajstić information content (AvgIpc) is 2.84. The van der Waals surface area contributed by atoms with Crippen LogP contribution in [0.25, 0.3) is 0 Å². The van der Waals surface area contributed by atoms with Gasteiger partial charge in [0.25, 0.3) is 0 Å². The van der Waals surface area contributed by atoms with E-state index in [9.17, 15) is 0 Å². The number of rotatable bonds is 4. The van der Waals surface area contributed by atoms with Crippen LogP contribution in [-0.2, 0) is 6.54 Å². The molecule has 2 rings (SSSR count). The Balaban J connectivity index is 1.81. The van der Waals surface area contributed by atoms with Gasteiger partial charge in [-0.05, 0) is 24.5 Å². The Morgan fingerprint density at radius 1 is 1.62 bits per heavy atom. The molecule has 1 aromatic heterocycles. The molecule has 0 amide bonds. The molecule has 0 spiro atoms. The summed E-state index contributed by atoms with van der Waals surface area (Å²) in [5, 5.41) is 4.51. The molecule has 3 nitrogen and oxygen atoms in total. The third-order valence-electron chi connectivity index (χ3n) is 2.46. The Morgan fingerprint density at radius 3 is 3.19 bits per heavy atom. The highest BCUT2D eigenvalue weighted by Gasteiger charge is 2.20.